The van der Waals surface area contributed by atoms with Gasteiger partial charge in [0.15, 0.2) is 9.84 Å². The van der Waals surface area contributed by atoms with Crippen molar-refractivity contribution < 1.29 is 26.4 Å². The Morgan fingerprint density at radius 3 is 2.30 bits per heavy atom. The molecule has 1 aliphatic rings. The normalized spacial score (nSPS) is 22.0. The molecule has 0 radical (unpaired) electrons. The molecule has 6 nitrogen and oxygen atoms in total. The van der Waals surface area contributed by atoms with Crippen molar-refractivity contribution in [3.05, 3.63) is 0 Å². The average Bonchev–Trinajstić information content (AvgIpc) is 2.55. The van der Waals surface area contributed by atoms with Crippen LogP contribution >= 0.6 is 0 Å². The molecule has 2 amide bonds. The predicted molar refractivity (Wildman–Crippen MR) is 66.9 cm³/mol. The van der Waals surface area contributed by atoms with Crippen molar-refractivity contribution in [3.8, 4) is 0 Å². The molecule has 1 fully saturated rings. The van der Waals surface area contributed by atoms with Crippen molar-refractivity contribution >= 4 is 15.9 Å². The molecule has 0 aliphatic carbocycles. The molecule has 0 aromatic rings. The zero-order valence-electron chi connectivity index (χ0n) is 11.3. The molecule has 20 heavy (non-hydrogen) atoms. The Balaban J connectivity index is 2.77. The number of hydrogen-bond donors (Lipinski definition) is 1. The van der Waals surface area contributed by atoms with E-state index in [1.54, 1.807) is 19.0 Å². The van der Waals surface area contributed by atoms with E-state index in [2.05, 4.69) is 0 Å². The average molecular weight is 317 g/mol. The summed E-state index contributed by atoms with van der Waals surface area (Å²) in [5, 5.41) is 0.921. The standard InChI is InChI=1S/C10H18F3N3O3S/c1-15(2)4-5-16(9(17)14-10(11,12)13)8-3-6-20(18,19)7-8/h8H,3-7H2,1-2H3,(H,14,17). The van der Waals surface area contributed by atoms with Gasteiger partial charge in [0.05, 0.1) is 11.5 Å². The third kappa shape index (κ3) is 5.53. The topological polar surface area (TPSA) is 69.7 Å². The van der Waals surface area contributed by atoms with Crippen LogP contribution in [0.3, 0.4) is 0 Å². The summed E-state index contributed by atoms with van der Waals surface area (Å²) in [6.07, 6.45) is -4.66. The van der Waals surface area contributed by atoms with E-state index in [-0.39, 0.29) is 24.5 Å². The van der Waals surface area contributed by atoms with Crippen molar-refractivity contribution in [1.82, 2.24) is 15.1 Å². The summed E-state index contributed by atoms with van der Waals surface area (Å²) in [5.74, 6) is -0.388. The van der Waals surface area contributed by atoms with E-state index in [0.717, 1.165) is 10.2 Å². The molecule has 1 N–H and O–H groups in total. The number of likely N-dealkylation sites (N-methyl/N-ethyl adjacent to an activating group) is 1. The summed E-state index contributed by atoms with van der Waals surface area (Å²) in [5.41, 5.74) is 0. The van der Waals surface area contributed by atoms with Crippen LogP contribution in [0.5, 0.6) is 0 Å². The fraction of sp³-hybridized carbons (Fsp3) is 0.900. The molecule has 1 unspecified atom stereocenters. The van der Waals surface area contributed by atoms with E-state index in [1.165, 1.54) is 0 Å². The molecule has 0 aromatic carbocycles. The van der Waals surface area contributed by atoms with Gasteiger partial charge >= 0.3 is 12.3 Å². The monoisotopic (exact) mass is 317 g/mol. The number of urea groups is 1. The fourth-order valence-electron chi connectivity index (χ4n) is 1.97. The first-order chi connectivity index (χ1) is 9.00. The van der Waals surface area contributed by atoms with Crippen molar-refractivity contribution in [2.24, 2.45) is 0 Å². The maximum Gasteiger partial charge on any atom is 0.485 e. The van der Waals surface area contributed by atoms with E-state index in [1.807, 2.05) is 0 Å². The van der Waals surface area contributed by atoms with Gasteiger partial charge in [-0.15, -0.1) is 0 Å². The largest absolute Gasteiger partial charge is 0.485 e. The molecule has 0 aromatic heterocycles. The number of nitrogens with one attached hydrogen (secondary N) is 1. The lowest BCUT2D eigenvalue weighted by Gasteiger charge is -2.29. The van der Waals surface area contributed by atoms with Gasteiger partial charge in [-0.05, 0) is 20.5 Å². The molecule has 1 rings (SSSR count). The molecule has 1 saturated heterocycles. The van der Waals surface area contributed by atoms with Crippen LogP contribution in [0.15, 0.2) is 0 Å². The molecule has 0 bridgehead atoms. The molecule has 1 aliphatic heterocycles. The van der Waals surface area contributed by atoms with E-state index >= 15 is 0 Å². The molecular weight excluding hydrogens is 299 g/mol. The highest BCUT2D eigenvalue weighted by Crippen LogP contribution is 2.19. The summed E-state index contributed by atoms with van der Waals surface area (Å²) in [4.78, 5) is 14.3. The van der Waals surface area contributed by atoms with Gasteiger partial charge in [0, 0.05) is 19.1 Å². The predicted octanol–water partition coefficient (Wildman–Crippen LogP) is 0.267. The number of carbonyl (C=O) groups excluding carboxylic acids is 1. The number of amides is 2. The first-order valence-electron chi connectivity index (χ1n) is 6.01. The number of rotatable bonds is 4. The molecule has 1 atom stereocenters. The second kappa shape index (κ2) is 6.17. The zero-order valence-corrected chi connectivity index (χ0v) is 12.1. The van der Waals surface area contributed by atoms with Crippen LogP contribution in [0.4, 0.5) is 18.0 Å². The number of nitrogens with zero attached hydrogens (tertiary/aromatic N) is 2. The van der Waals surface area contributed by atoms with Gasteiger partial charge in [-0.2, -0.15) is 13.2 Å². The van der Waals surface area contributed by atoms with Gasteiger partial charge in [-0.1, -0.05) is 0 Å². The number of carbonyl (C=O) groups is 1. The Morgan fingerprint density at radius 1 is 1.30 bits per heavy atom. The van der Waals surface area contributed by atoms with Crippen LogP contribution in [-0.2, 0) is 9.84 Å². The van der Waals surface area contributed by atoms with Crippen molar-refractivity contribution in [1.29, 1.82) is 0 Å². The summed E-state index contributed by atoms with van der Waals surface area (Å²) in [6, 6.07) is -2.01. The van der Waals surface area contributed by atoms with Crippen LogP contribution in [0, 0.1) is 0 Å². The number of hydrogen-bond acceptors (Lipinski definition) is 4. The van der Waals surface area contributed by atoms with Gasteiger partial charge in [-0.25, -0.2) is 18.5 Å². The van der Waals surface area contributed by atoms with E-state index < -0.39 is 28.2 Å². The van der Waals surface area contributed by atoms with Crippen LogP contribution in [0.1, 0.15) is 6.42 Å². The second-order valence-electron chi connectivity index (χ2n) is 4.98. The Bertz CT molecular complexity index is 450. The van der Waals surface area contributed by atoms with Crippen LogP contribution in [0.25, 0.3) is 0 Å². The first-order valence-corrected chi connectivity index (χ1v) is 7.83. The minimum Gasteiger partial charge on any atom is -0.319 e. The molecule has 118 valence electrons. The molecule has 0 spiro atoms. The van der Waals surface area contributed by atoms with Gasteiger partial charge < -0.3 is 9.80 Å². The maximum atomic E-state index is 12.2. The van der Waals surface area contributed by atoms with Crippen LogP contribution < -0.4 is 5.32 Å². The van der Waals surface area contributed by atoms with Crippen LogP contribution in [-0.4, -0.2) is 75.3 Å². The minimum absolute atomic E-state index is 0.0368. The third-order valence-electron chi connectivity index (χ3n) is 2.95. The van der Waals surface area contributed by atoms with Gasteiger partial charge in [0.1, 0.15) is 0 Å². The molecule has 1 heterocycles. The Morgan fingerprint density at radius 2 is 1.90 bits per heavy atom. The fourth-order valence-corrected chi connectivity index (χ4v) is 3.70. The summed E-state index contributed by atoms with van der Waals surface area (Å²) >= 11 is 0. The zero-order chi connectivity index (χ0) is 15.6. The smallest absolute Gasteiger partial charge is 0.319 e. The van der Waals surface area contributed by atoms with Crippen LogP contribution in [0.2, 0.25) is 0 Å². The summed E-state index contributed by atoms with van der Waals surface area (Å²) < 4.78 is 59.5. The third-order valence-corrected chi connectivity index (χ3v) is 4.70. The summed E-state index contributed by atoms with van der Waals surface area (Å²) in [6.45, 7) is 0.386. The van der Waals surface area contributed by atoms with Crippen molar-refractivity contribution in [2.75, 3.05) is 38.7 Å². The summed E-state index contributed by atoms with van der Waals surface area (Å²) in [7, 11) is 0.154. The second-order valence-corrected chi connectivity index (χ2v) is 7.21. The molecule has 0 saturated carbocycles. The lowest BCUT2D eigenvalue weighted by molar-refractivity contribution is -0.147. The van der Waals surface area contributed by atoms with Crippen molar-refractivity contribution in [3.63, 3.8) is 0 Å². The lowest BCUT2D eigenvalue weighted by atomic mass is 10.2. The first kappa shape index (κ1) is 17.0. The molecule has 10 heteroatoms. The SMILES string of the molecule is CN(C)CCN(C(=O)NC(F)(F)F)C1CCS(=O)(=O)C1. The lowest BCUT2D eigenvalue weighted by Crippen LogP contribution is -2.52. The number of sulfone groups is 1. The van der Waals surface area contributed by atoms with E-state index in [0.29, 0.717) is 6.54 Å². The number of alkyl halides is 3. The quantitative estimate of drug-likeness (QED) is 0.756. The highest BCUT2D eigenvalue weighted by atomic mass is 32.2. The maximum absolute atomic E-state index is 12.2. The Kier molecular flexibility index (Phi) is 5.25. The highest BCUT2D eigenvalue weighted by molar-refractivity contribution is 7.91. The minimum atomic E-state index is -4.83. The molecular formula is C10H18F3N3O3S. The highest BCUT2D eigenvalue weighted by Gasteiger charge is 2.38. The van der Waals surface area contributed by atoms with Gasteiger partial charge in [0.25, 0.3) is 0 Å². The Labute approximate surface area is 115 Å². The van der Waals surface area contributed by atoms with Crippen molar-refractivity contribution in [2.45, 2.75) is 18.8 Å². The van der Waals surface area contributed by atoms with E-state index in [9.17, 15) is 26.4 Å². The Hall–Kier alpha value is -1.03. The van der Waals surface area contributed by atoms with Gasteiger partial charge in [0.2, 0.25) is 0 Å². The number of halogens is 3. The van der Waals surface area contributed by atoms with E-state index in [4.69, 9.17) is 0 Å². The van der Waals surface area contributed by atoms with Gasteiger partial charge in [-0.3, -0.25) is 0 Å².